The zero-order valence-corrected chi connectivity index (χ0v) is 21.1. The van der Waals surface area contributed by atoms with Crippen LogP contribution in [0.15, 0.2) is 72.6 Å². The quantitative estimate of drug-likeness (QED) is 0.545. The molecule has 32 heavy (non-hydrogen) atoms. The van der Waals surface area contributed by atoms with Gasteiger partial charge in [0.05, 0.1) is 6.33 Å². The molecular formula is C26H36FNO3Si. The molecule has 2 rings (SSSR count). The lowest BCUT2D eigenvalue weighted by Gasteiger charge is -2.43. The number of halogens is 1. The fraction of sp³-hybridized carbons (Fsp3) is 0.423. The van der Waals surface area contributed by atoms with Gasteiger partial charge in [-0.15, -0.1) is 0 Å². The van der Waals surface area contributed by atoms with Crippen molar-refractivity contribution in [2.45, 2.75) is 58.6 Å². The van der Waals surface area contributed by atoms with E-state index in [1.54, 1.807) is 20.8 Å². The number of hydrogen-bond donors (Lipinski definition) is 1. The largest absolute Gasteiger partial charge is 0.444 e. The average molecular weight is 458 g/mol. The zero-order chi connectivity index (χ0) is 23.8. The van der Waals surface area contributed by atoms with Gasteiger partial charge < -0.3 is 14.5 Å². The highest BCUT2D eigenvalue weighted by Gasteiger charge is 2.49. The van der Waals surface area contributed by atoms with E-state index in [0.29, 0.717) is 24.9 Å². The van der Waals surface area contributed by atoms with Gasteiger partial charge in [-0.2, -0.15) is 0 Å². The molecule has 4 nitrogen and oxygen atoms in total. The Balaban J connectivity index is 2.20. The summed E-state index contributed by atoms with van der Waals surface area (Å²) >= 11 is 0. The fourth-order valence-electron chi connectivity index (χ4n) is 3.78. The third-order valence-electron chi connectivity index (χ3n) is 5.17. The normalized spacial score (nSPS) is 13.0. The third kappa shape index (κ3) is 6.78. The second-order valence-electron chi connectivity index (χ2n) is 9.88. The molecule has 0 aliphatic rings. The van der Waals surface area contributed by atoms with Crippen LogP contribution in [0.4, 0.5) is 9.18 Å². The minimum absolute atomic E-state index is 0.0789. The van der Waals surface area contributed by atoms with Gasteiger partial charge in [-0.3, -0.25) is 0 Å². The number of ether oxygens (including phenoxy) is 1. The van der Waals surface area contributed by atoms with Crippen molar-refractivity contribution in [2.75, 3.05) is 13.2 Å². The van der Waals surface area contributed by atoms with Gasteiger partial charge in [-0.05, 0) is 48.2 Å². The summed E-state index contributed by atoms with van der Waals surface area (Å²) in [6.45, 7) is 12.4. The lowest BCUT2D eigenvalue weighted by atomic mass is 10.2. The summed E-state index contributed by atoms with van der Waals surface area (Å²) in [5, 5.41) is 4.82. The van der Waals surface area contributed by atoms with Crippen molar-refractivity contribution >= 4 is 24.8 Å². The Labute approximate surface area is 193 Å². The Hall–Kier alpha value is -2.44. The van der Waals surface area contributed by atoms with Gasteiger partial charge in [-0.1, -0.05) is 81.4 Å². The molecule has 0 unspecified atom stereocenters. The number of alkyl carbamates (subject to hydrolysis) is 1. The van der Waals surface area contributed by atoms with Gasteiger partial charge in [0.15, 0.2) is 0 Å². The van der Waals surface area contributed by atoms with E-state index in [0.717, 1.165) is 0 Å². The summed E-state index contributed by atoms with van der Waals surface area (Å²) in [6, 6.07) is 20.6. The molecule has 6 heteroatoms. The molecule has 0 fully saturated rings. The third-order valence-corrected chi connectivity index (χ3v) is 10.2. The van der Waals surface area contributed by atoms with Crippen molar-refractivity contribution in [1.82, 2.24) is 5.32 Å². The van der Waals surface area contributed by atoms with Crippen LogP contribution in [-0.2, 0) is 9.16 Å². The predicted molar refractivity (Wildman–Crippen MR) is 132 cm³/mol. The molecule has 0 radical (unpaired) electrons. The smallest absolute Gasteiger partial charge is 0.407 e. The summed E-state index contributed by atoms with van der Waals surface area (Å²) in [4.78, 5) is 11.9. The molecule has 0 spiro atoms. The molecule has 174 valence electrons. The molecule has 2 aromatic rings. The number of nitrogens with one attached hydrogen (secondary N) is 1. The van der Waals surface area contributed by atoms with E-state index in [1.165, 1.54) is 10.4 Å². The van der Waals surface area contributed by atoms with Gasteiger partial charge >= 0.3 is 6.09 Å². The number of hydrogen-bond acceptors (Lipinski definition) is 3. The van der Waals surface area contributed by atoms with Crippen LogP contribution in [0.3, 0.4) is 0 Å². The molecule has 0 saturated heterocycles. The summed E-state index contributed by atoms with van der Waals surface area (Å²) in [7, 11) is -2.67. The topological polar surface area (TPSA) is 47.6 Å². The minimum Gasteiger partial charge on any atom is -0.444 e. The molecule has 0 aromatic heterocycles. The monoisotopic (exact) mass is 457 g/mol. The van der Waals surface area contributed by atoms with Crippen molar-refractivity contribution in [1.29, 1.82) is 0 Å². The molecule has 0 aliphatic carbocycles. The van der Waals surface area contributed by atoms with Crippen molar-refractivity contribution in [2.24, 2.45) is 0 Å². The van der Waals surface area contributed by atoms with Crippen LogP contribution in [0, 0.1) is 0 Å². The zero-order valence-electron chi connectivity index (χ0n) is 20.1. The number of rotatable bonds is 8. The average Bonchev–Trinajstić information content (AvgIpc) is 2.72. The second kappa shape index (κ2) is 10.9. The Morgan fingerprint density at radius 3 is 1.84 bits per heavy atom. The molecular weight excluding hydrogens is 421 g/mol. The minimum atomic E-state index is -2.67. The SMILES string of the molecule is CC(C)(C)OC(=O)NCC(=CF)CCO[Si](c1ccccc1)(c1ccccc1)C(C)(C)C. The van der Waals surface area contributed by atoms with Crippen LogP contribution in [0.1, 0.15) is 48.0 Å². The first kappa shape index (κ1) is 25.8. The lowest BCUT2D eigenvalue weighted by molar-refractivity contribution is 0.0532. The maximum absolute atomic E-state index is 13.5. The highest BCUT2D eigenvalue weighted by Crippen LogP contribution is 2.36. The summed E-state index contributed by atoms with van der Waals surface area (Å²) in [6.07, 6.45) is 0.354. The summed E-state index contributed by atoms with van der Waals surface area (Å²) in [5.74, 6) is 0. The summed E-state index contributed by atoms with van der Waals surface area (Å²) in [5.41, 5.74) is -0.149. The van der Waals surface area contributed by atoms with E-state index < -0.39 is 20.0 Å². The van der Waals surface area contributed by atoms with E-state index in [1.807, 2.05) is 36.4 Å². The van der Waals surface area contributed by atoms with E-state index in [-0.39, 0.29) is 11.6 Å². The van der Waals surface area contributed by atoms with Gasteiger partial charge in [0.1, 0.15) is 5.60 Å². The van der Waals surface area contributed by atoms with Crippen LogP contribution in [0.2, 0.25) is 5.04 Å². The Bertz CT molecular complexity index is 847. The predicted octanol–water partition coefficient (Wildman–Crippen LogP) is 5.33. The first-order valence-electron chi connectivity index (χ1n) is 11.0. The number of benzene rings is 2. The van der Waals surface area contributed by atoms with Crippen LogP contribution < -0.4 is 15.7 Å². The second-order valence-corrected chi connectivity index (χ2v) is 14.2. The van der Waals surface area contributed by atoms with Crippen molar-refractivity contribution in [3.8, 4) is 0 Å². The van der Waals surface area contributed by atoms with Gasteiger partial charge in [-0.25, -0.2) is 9.18 Å². The van der Waals surface area contributed by atoms with Crippen LogP contribution in [0.25, 0.3) is 0 Å². The summed E-state index contributed by atoms with van der Waals surface area (Å²) < 4.78 is 25.5. The highest BCUT2D eigenvalue weighted by atomic mass is 28.4. The molecule has 0 aliphatic heterocycles. The van der Waals surface area contributed by atoms with Crippen LogP contribution >= 0.6 is 0 Å². The highest BCUT2D eigenvalue weighted by molar-refractivity contribution is 6.99. The van der Waals surface area contributed by atoms with E-state index >= 15 is 0 Å². The van der Waals surface area contributed by atoms with Crippen LogP contribution in [-0.4, -0.2) is 33.2 Å². The van der Waals surface area contributed by atoms with E-state index in [4.69, 9.17) is 9.16 Å². The maximum Gasteiger partial charge on any atom is 0.407 e. The van der Waals surface area contributed by atoms with Crippen LogP contribution in [0.5, 0.6) is 0 Å². The van der Waals surface area contributed by atoms with Gasteiger partial charge in [0.2, 0.25) is 0 Å². The van der Waals surface area contributed by atoms with Crippen molar-refractivity contribution < 1.29 is 18.3 Å². The molecule has 0 bridgehead atoms. The first-order valence-corrected chi connectivity index (χ1v) is 12.9. The van der Waals surface area contributed by atoms with Gasteiger partial charge in [0, 0.05) is 13.2 Å². The van der Waals surface area contributed by atoms with Crippen molar-refractivity contribution in [3.63, 3.8) is 0 Å². The molecule has 0 heterocycles. The Morgan fingerprint density at radius 1 is 0.938 bits per heavy atom. The Kier molecular flexibility index (Phi) is 8.81. The first-order chi connectivity index (χ1) is 15.0. The Morgan fingerprint density at radius 2 is 1.44 bits per heavy atom. The molecule has 1 N–H and O–H groups in total. The number of carbonyl (C=O) groups excluding carboxylic acids is 1. The molecule has 2 aromatic carbocycles. The number of carbonyl (C=O) groups is 1. The number of amides is 1. The fourth-order valence-corrected chi connectivity index (χ4v) is 8.34. The van der Waals surface area contributed by atoms with Crippen molar-refractivity contribution in [3.05, 3.63) is 72.6 Å². The maximum atomic E-state index is 13.5. The molecule has 1 amide bonds. The standard InChI is InChI=1S/C26H36FNO3Si/c1-25(2,3)31-24(29)28-20-21(19-27)17-18-30-32(26(4,5)6,22-13-9-7-10-14-22)23-15-11-8-12-16-23/h7-16,19H,17-18,20H2,1-6H3,(H,28,29). The molecule has 0 saturated carbocycles. The molecule has 0 atom stereocenters. The van der Waals surface area contributed by atoms with E-state index in [2.05, 4.69) is 50.4 Å². The van der Waals surface area contributed by atoms with Gasteiger partial charge in [0.25, 0.3) is 8.32 Å². The van der Waals surface area contributed by atoms with E-state index in [9.17, 15) is 9.18 Å². The lowest BCUT2D eigenvalue weighted by Crippen LogP contribution is -2.66.